The number of carboxylic acids is 2. The summed E-state index contributed by atoms with van der Waals surface area (Å²) in [5.41, 5.74) is 6.59. The van der Waals surface area contributed by atoms with Crippen molar-refractivity contribution in [2.24, 2.45) is 5.73 Å². The first-order valence-electron chi connectivity index (χ1n) is 6.02. The minimum atomic E-state index is -1.06. The second-order valence-electron chi connectivity index (χ2n) is 5.26. The van der Waals surface area contributed by atoms with Crippen molar-refractivity contribution in [2.75, 3.05) is 0 Å². The first kappa shape index (κ1) is 15.2. The molecule has 0 aliphatic carbocycles. The fraction of sp³-hybridized carbons (Fsp3) is 0.429. The Morgan fingerprint density at radius 2 is 1.84 bits per heavy atom. The van der Waals surface area contributed by atoms with Crippen molar-refractivity contribution in [3.05, 3.63) is 35.4 Å². The number of carboxylic acid groups (broad SMARTS) is 2. The van der Waals surface area contributed by atoms with E-state index in [1.807, 2.05) is 26.0 Å². The van der Waals surface area contributed by atoms with E-state index in [4.69, 9.17) is 15.9 Å². The van der Waals surface area contributed by atoms with Gasteiger partial charge in [-0.1, -0.05) is 38.1 Å². The lowest BCUT2D eigenvalue weighted by molar-refractivity contribution is -0.139. The Morgan fingerprint density at radius 3 is 2.37 bits per heavy atom. The molecule has 0 amide bonds. The van der Waals surface area contributed by atoms with Crippen LogP contribution in [-0.4, -0.2) is 28.2 Å². The highest BCUT2D eigenvalue weighted by Crippen LogP contribution is 2.30. The van der Waals surface area contributed by atoms with Crippen LogP contribution in [0.4, 0.5) is 0 Å². The normalized spacial score (nSPS) is 13.0. The van der Waals surface area contributed by atoms with Gasteiger partial charge in [0.2, 0.25) is 0 Å². The van der Waals surface area contributed by atoms with Gasteiger partial charge < -0.3 is 15.9 Å². The Labute approximate surface area is 112 Å². The molecule has 0 heterocycles. The molecule has 1 aromatic carbocycles. The molecule has 19 heavy (non-hydrogen) atoms. The van der Waals surface area contributed by atoms with Crippen molar-refractivity contribution in [3.63, 3.8) is 0 Å². The van der Waals surface area contributed by atoms with E-state index in [1.165, 1.54) is 0 Å². The Hall–Kier alpha value is -1.88. The summed E-state index contributed by atoms with van der Waals surface area (Å²) in [4.78, 5) is 21.7. The Bertz CT molecular complexity index is 482. The quantitative estimate of drug-likeness (QED) is 0.721. The van der Waals surface area contributed by atoms with Crippen LogP contribution >= 0.6 is 0 Å². The molecule has 0 aliphatic rings. The van der Waals surface area contributed by atoms with Gasteiger partial charge in [0.05, 0.1) is 6.42 Å². The van der Waals surface area contributed by atoms with Gasteiger partial charge in [-0.2, -0.15) is 0 Å². The molecule has 0 saturated carbocycles. The van der Waals surface area contributed by atoms with Gasteiger partial charge >= 0.3 is 11.9 Å². The molecule has 0 bridgehead atoms. The van der Waals surface area contributed by atoms with Crippen molar-refractivity contribution in [3.8, 4) is 0 Å². The minimum Gasteiger partial charge on any atom is -0.481 e. The number of hydrogen-bond donors (Lipinski definition) is 3. The van der Waals surface area contributed by atoms with E-state index in [0.29, 0.717) is 0 Å². The smallest absolute Gasteiger partial charge is 0.320 e. The molecule has 5 heteroatoms. The van der Waals surface area contributed by atoms with E-state index in [9.17, 15) is 9.59 Å². The first-order chi connectivity index (χ1) is 8.74. The number of hydrogen-bond acceptors (Lipinski definition) is 3. The van der Waals surface area contributed by atoms with Gasteiger partial charge in [0.1, 0.15) is 6.04 Å². The number of benzene rings is 1. The second-order valence-corrected chi connectivity index (χ2v) is 5.26. The summed E-state index contributed by atoms with van der Waals surface area (Å²) < 4.78 is 0. The zero-order valence-corrected chi connectivity index (χ0v) is 11.1. The molecule has 1 aromatic rings. The molecule has 1 rings (SSSR count). The van der Waals surface area contributed by atoms with Gasteiger partial charge in [0.15, 0.2) is 0 Å². The predicted molar refractivity (Wildman–Crippen MR) is 71.0 cm³/mol. The van der Waals surface area contributed by atoms with Crippen LogP contribution in [0.2, 0.25) is 0 Å². The lowest BCUT2D eigenvalue weighted by Gasteiger charge is -2.26. The topological polar surface area (TPSA) is 101 Å². The molecule has 104 valence electrons. The fourth-order valence-electron chi connectivity index (χ4n) is 2.16. The maximum Gasteiger partial charge on any atom is 0.320 e. The highest BCUT2D eigenvalue weighted by Gasteiger charge is 2.27. The number of rotatable bonds is 6. The summed E-state index contributed by atoms with van der Waals surface area (Å²) in [6.07, 6.45) is 0.168. The van der Waals surface area contributed by atoms with Crippen LogP contribution in [0.25, 0.3) is 0 Å². The van der Waals surface area contributed by atoms with E-state index in [-0.39, 0.29) is 12.8 Å². The van der Waals surface area contributed by atoms with Gasteiger partial charge in [-0.15, -0.1) is 0 Å². The van der Waals surface area contributed by atoms with Crippen LogP contribution in [0, 0.1) is 0 Å². The third kappa shape index (κ3) is 4.06. The summed E-state index contributed by atoms with van der Waals surface area (Å²) in [5, 5.41) is 17.8. The molecule has 4 N–H and O–H groups in total. The van der Waals surface area contributed by atoms with Crippen molar-refractivity contribution < 1.29 is 19.8 Å². The van der Waals surface area contributed by atoms with E-state index in [2.05, 4.69) is 0 Å². The Balaban J connectivity index is 3.08. The van der Waals surface area contributed by atoms with Crippen molar-refractivity contribution in [2.45, 2.75) is 38.1 Å². The summed E-state index contributed by atoms with van der Waals surface area (Å²) in [7, 11) is 0. The zero-order valence-electron chi connectivity index (χ0n) is 11.1. The van der Waals surface area contributed by atoms with Crippen LogP contribution in [0.1, 0.15) is 31.4 Å². The molecule has 1 atom stereocenters. The number of aliphatic carboxylic acids is 2. The average molecular weight is 265 g/mol. The van der Waals surface area contributed by atoms with Crippen molar-refractivity contribution in [1.29, 1.82) is 0 Å². The predicted octanol–water partition coefficient (Wildman–Crippen LogP) is 1.39. The summed E-state index contributed by atoms with van der Waals surface area (Å²) in [5.74, 6) is -1.95. The Morgan fingerprint density at radius 1 is 1.26 bits per heavy atom. The van der Waals surface area contributed by atoms with Crippen LogP contribution in [-0.2, 0) is 21.4 Å². The summed E-state index contributed by atoms with van der Waals surface area (Å²) >= 11 is 0. The standard InChI is InChI=1S/C14H19NO4/c1-14(2,8-12(16)17)10-6-4-3-5-9(10)7-11(15)13(18)19/h3-6,11H,7-8,15H2,1-2H3,(H,16,17)(H,18,19). The maximum atomic E-state index is 10.9. The molecule has 0 radical (unpaired) electrons. The van der Waals surface area contributed by atoms with Crippen LogP contribution in [0.5, 0.6) is 0 Å². The van der Waals surface area contributed by atoms with Crippen LogP contribution in [0.15, 0.2) is 24.3 Å². The molecule has 0 spiro atoms. The largest absolute Gasteiger partial charge is 0.481 e. The van der Waals surface area contributed by atoms with Gasteiger partial charge in [-0.05, 0) is 17.5 Å². The van der Waals surface area contributed by atoms with E-state index in [0.717, 1.165) is 11.1 Å². The molecular weight excluding hydrogens is 246 g/mol. The lowest BCUT2D eigenvalue weighted by Crippen LogP contribution is -2.33. The minimum absolute atomic E-state index is 0.0215. The van der Waals surface area contributed by atoms with Crippen molar-refractivity contribution >= 4 is 11.9 Å². The van der Waals surface area contributed by atoms with Crippen LogP contribution < -0.4 is 5.73 Å². The zero-order chi connectivity index (χ0) is 14.6. The molecule has 1 unspecified atom stereocenters. The third-order valence-corrected chi connectivity index (χ3v) is 3.10. The van der Waals surface area contributed by atoms with Gasteiger partial charge in [-0.25, -0.2) is 0 Å². The molecule has 0 fully saturated rings. The Kier molecular flexibility index (Phi) is 4.67. The van der Waals surface area contributed by atoms with Gasteiger partial charge in [-0.3, -0.25) is 9.59 Å². The summed E-state index contributed by atoms with van der Waals surface area (Å²) in [6, 6.07) is 6.25. The lowest BCUT2D eigenvalue weighted by atomic mass is 9.78. The van der Waals surface area contributed by atoms with E-state index in [1.54, 1.807) is 12.1 Å². The summed E-state index contributed by atoms with van der Waals surface area (Å²) in [6.45, 7) is 3.65. The number of nitrogens with two attached hydrogens (primary N) is 1. The second kappa shape index (κ2) is 5.84. The van der Waals surface area contributed by atoms with E-state index >= 15 is 0 Å². The van der Waals surface area contributed by atoms with E-state index < -0.39 is 23.4 Å². The SMILES string of the molecule is CC(C)(CC(=O)O)c1ccccc1CC(N)C(=O)O. The number of carbonyl (C=O) groups is 2. The highest BCUT2D eigenvalue weighted by atomic mass is 16.4. The maximum absolute atomic E-state index is 10.9. The van der Waals surface area contributed by atoms with Gasteiger partial charge in [0.25, 0.3) is 0 Å². The fourth-order valence-corrected chi connectivity index (χ4v) is 2.16. The van der Waals surface area contributed by atoms with Crippen LogP contribution in [0.3, 0.4) is 0 Å². The molecule has 0 aromatic heterocycles. The third-order valence-electron chi connectivity index (χ3n) is 3.10. The van der Waals surface area contributed by atoms with Crippen molar-refractivity contribution in [1.82, 2.24) is 0 Å². The molecule has 0 aliphatic heterocycles. The highest BCUT2D eigenvalue weighted by molar-refractivity contribution is 5.73. The average Bonchev–Trinajstić information content (AvgIpc) is 2.27. The molecular formula is C14H19NO4. The van der Waals surface area contributed by atoms with Gasteiger partial charge in [0, 0.05) is 5.41 Å². The molecule has 0 saturated heterocycles. The monoisotopic (exact) mass is 265 g/mol. The first-order valence-corrected chi connectivity index (χ1v) is 6.02. The molecule has 5 nitrogen and oxygen atoms in total.